The summed E-state index contributed by atoms with van der Waals surface area (Å²) in [6, 6.07) is 4.47. The second-order valence-electron chi connectivity index (χ2n) is 5.19. The zero-order chi connectivity index (χ0) is 12.3. The van der Waals surface area contributed by atoms with Crippen LogP contribution in [0.4, 0.5) is 0 Å². The Hall–Kier alpha value is -1.02. The van der Waals surface area contributed by atoms with Gasteiger partial charge in [-0.3, -0.25) is 0 Å². The summed E-state index contributed by atoms with van der Waals surface area (Å²) in [6.07, 6.45) is 3.78. The number of hydrogen-bond acceptors (Lipinski definition) is 2. The highest BCUT2D eigenvalue weighted by molar-refractivity contribution is 5.44. The highest BCUT2D eigenvalue weighted by atomic mass is 16.5. The summed E-state index contributed by atoms with van der Waals surface area (Å²) in [5.41, 5.74) is 3.96. The average Bonchev–Trinajstić information content (AvgIpc) is 2.30. The Labute approximate surface area is 104 Å². The van der Waals surface area contributed by atoms with E-state index >= 15 is 0 Å². The number of ether oxygens (including phenoxy) is 1. The van der Waals surface area contributed by atoms with Gasteiger partial charge in [-0.05, 0) is 63.2 Å². The predicted octanol–water partition coefficient (Wildman–Crippen LogP) is 2.85. The minimum atomic E-state index is 0.763. The second kappa shape index (κ2) is 5.54. The van der Waals surface area contributed by atoms with Gasteiger partial charge in [0.1, 0.15) is 5.75 Å². The smallest absolute Gasteiger partial charge is 0.124 e. The molecular weight excluding hydrogens is 210 g/mol. The van der Waals surface area contributed by atoms with Gasteiger partial charge in [0.2, 0.25) is 0 Å². The van der Waals surface area contributed by atoms with E-state index in [2.05, 4.69) is 31.3 Å². The quantitative estimate of drug-likeness (QED) is 0.867. The van der Waals surface area contributed by atoms with Crippen molar-refractivity contribution in [1.82, 2.24) is 5.32 Å². The molecule has 0 radical (unpaired) electrons. The summed E-state index contributed by atoms with van der Waals surface area (Å²) in [5.74, 6) is 1.85. The summed E-state index contributed by atoms with van der Waals surface area (Å²) in [7, 11) is 1.78. The molecule has 1 atom stereocenters. The van der Waals surface area contributed by atoms with E-state index in [9.17, 15) is 0 Å². The lowest BCUT2D eigenvalue weighted by Gasteiger charge is -2.24. The Morgan fingerprint density at radius 3 is 2.82 bits per heavy atom. The van der Waals surface area contributed by atoms with Crippen LogP contribution in [0.2, 0.25) is 0 Å². The van der Waals surface area contributed by atoms with Crippen molar-refractivity contribution in [2.24, 2.45) is 5.92 Å². The summed E-state index contributed by atoms with van der Waals surface area (Å²) in [6.45, 7) is 6.63. The molecule has 1 fully saturated rings. The molecule has 2 nitrogen and oxygen atoms in total. The van der Waals surface area contributed by atoms with Gasteiger partial charge in [-0.2, -0.15) is 0 Å². The monoisotopic (exact) mass is 233 g/mol. The van der Waals surface area contributed by atoms with Crippen LogP contribution < -0.4 is 10.1 Å². The fourth-order valence-corrected chi connectivity index (χ4v) is 2.90. The lowest BCUT2D eigenvalue weighted by molar-refractivity contribution is 0.363. The molecule has 2 rings (SSSR count). The minimum Gasteiger partial charge on any atom is -0.496 e. The maximum Gasteiger partial charge on any atom is 0.124 e. The van der Waals surface area contributed by atoms with Gasteiger partial charge in [0.25, 0.3) is 0 Å². The van der Waals surface area contributed by atoms with Crippen molar-refractivity contribution >= 4 is 0 Å². The van der Waals surface area contributed by atoms with Crippen molar-refractivity contribution in [2.75, 3.05) is 20.2 Å². The number of piperidine rings is 1. The maximum atomic E-state index is 5.55. The molecule has 0 aliphatic carbocycles. The standard InChI is InChI=1S/C15H23NO/c1-11-7-12(2)15(17-3)14(8-11)9-13-5-4-6-16-10-13/h7-8,13,16H,4-6,9-10H2,1-3H3. The first kappa shape index (κ1) is 12.4. The van der Waals surface area contributed by atoms with Crippen LogP contribution in [0.1, 0.15) is 29.5 Å². The molecule has 1 aromatic carbocycles. The Balaban J connectivity index is 2.18. The fraction of sp³-hybridized carbons (Fsp3) is 0.600. The highest BCUT2D eigenvalue weighted by Crippen LogP contribution is 2.28. The van der Waals surface area contributed by atoms with Crippen molar-refractivity contribution in [3.05, 3.63) is 28.8 Å². The first-order chi connectivity index (χ1) is 8.20. The van der Waals surface area contributed by atoms with Crippen LogP contribution in [-0.4, -0.2) is 20.2 Å². The van der Waals surface area contributed by atoms with Crippen LogP contribution in [0.3, 0.4) is 0 Å². The van der Waals surface area contributed by atoms with E-state index in [0.29, 0.717) is 0 Å². The number of nitrogens with one attached hydrogen (secondary N) is 1. The molecule has 2 heteroatoms. The van der Waals surface area contributed by atoms with Gasteiger partial charge in [0, 0.05) is 0 Å². The van der Waals surface area contributed by atoms with Crippen molar-refractivity contribution in [3.63, 3.8) is 0 Å². The molecular formula is C15H23NO. The number of benzene rings is 1. The molecule has 0 bridgehead atoms. The van der Waals surface area contributed by atoms with Gasteiger partial charge in [-0.25, -0.2) is 0 Å². The van der Waals surface area contributed by atoms with Crippen molar-refractivity contribution < 1.29 is 4.74 Å². The summed E-state index contributed by atoms with van der Waals surface area (Å²) in [4.78, 5) is 0. The third kappa shape index (κ3) is 3.01. The molecule has 0 spiro atoms. The normalized spacial score (nSPS) is 20.3. The Kier molecular flexibility index (Phi) is 4.06. The largest absolute Gasteiger partial charge is 0.496 e. The molecule has 1 unspecified atom stereocenters. The third-order valence-corrected chi connectivity index (χ3v) is 3.61. The summed E-state index contributed by atoms with van der Waals surface area (Å²) < 4.78 is 5.55. The molecule has 1 aliphatic heterocycles. The SMILES string of the molecule is COc1c(C)cc(C)cc1CC1CCCNC1. The van der Waals surface area contributed by atoms with Gasteiger partial charge >= 0.3 is 0 Å². The van der Waals surface area contributed by atoms with E-state index in [4.69, 9.17) is 4.74 Å². The fourth-order valence-electron chi connectivity index (χ4n) is 2.90. The molecule has 1 N–H and O–H groups in total. The van der Waals surface area contributed by atoms with E-state index in [0.717, 1.165) is 24.6 Å². The van der Waals surface area contributed by atoms with Gasteiger partial charge in [-0.1, -0.05) is 17.7 Å². The molecule has 0 amide bonds. The topological polar surface area (TPSA) is 21.3 Å². The molecule has 17 heavy (non-hydrogen) atoms. The van der Waals surface area contributed by atoms with Gasteiger partial charge in [0.15, 0.2) is 0 Å². The first-order valence-electron chi connectivity index (χ1n) is 6.55. The first-order valence-corrected chi connectivity index (χ1v) is 6.55. The van der Waals surface area contributed by atoms with E-state index in [1.807, 2.05) is 0 Å². The summed E-state index contributed by atoms with van der Waals surface area (Å²) >= 11 is 0. The predicted molar refractivity (Wildman–Crippen MR) is 71.8 cm³/mol. The molecule has 1 heterocycles. The van der Waals surface area contributed by atoms with Gasteiger partial charge in [0.05, 0.1) is 7.11 Å². The van der Waals surface area contributed by atoms with Crippen LogP contribution >= 0.6 is 0 Å². The van der Waals surface area contributed by atoms with Crippen LogP contribution in [-0.2, 0) is 6.42 Å². The minimum absolute atomic E-state index is 0.763. The zero-order valence-corrected chi connectivity index (χ0v) is 11.2. The van der Waals surface area contributed by atoms with Gasteiger partial charge < -0.3 is 10.1 Å². The lowest BCUT2D eigenvalue weighted by atomic mass is 9.90. The van der Waals surface area contributed by atoms with Crippen molar-refractivity contribution in [2.45, 2.75) is 33.1 Å². The number of hydrogen-bond donors (Lipinski definition) is 1. The third-order valence-electron chi connectivity index (χ3n) is 3.61. The molecule has 0 aromatic heterocycles. The number of rotatable bonds is 3. The second-order valence-corrected chi connectivity index (χ2v) is 5.19. The van der Waals surface area contributed by atoms with Crippen LogP contribution in [0, 0.1) is 19.8 Å². The van der Waals surface area contributed by atoms with E-state index < -0.39 is 0 Å². The average molecular weight is 233 g/mol. The maximum absolute atomic E-state index is 5.55. The Bertz CT molecular complexity index is 381. The molecule has 94 valence electrons. The Morgan fingerprint density at radius 1 is 1.35 bits per heavy atom. The van der Waals surface area contributed by atoms with E-state index in [1.165, 1.54) is 36.1 Å². The molecule has 1 saturated heterocycles. The van der Waals surface area contributed by atoms with Crippen molar-refractivity contribution in [3.8, 4) is 5.75 Å². The summed E-state index contributed by atoms with van der Waals surface area (Å²) in [5, 5.41) is 3.48. The van der Waals surface area contributed by atoms with E-state index in [1.54, 1.807) is 7.11 Å². The number of aryl methyl sites for hydroxylation is 2. The van der Waals surface area contributed by atoms with Gasteiger partial charge in [-0.15, -0.1) is 0 Å². The van der Waals surface area contributed by atoms with Crippen LogP contribution in [0.5, 0.6) is 5.75 Å². The van der Waals surface area contributed by atoms with Crippen molar-refractivity contribution in [1.29, 1.82) is 0 Å². The highest BCUT2D eigenvalue weighted by Gasteiger charge is 2.16. The molecule has 0 saturated carbocycles. The molecule has 1 aromatic rings. The number of methoxy groups -OCH3 is 1. The zero-order valence-electron chi connectivity index (χ0n) is 11.2. The lowest BCUT2D eigenvalue weighted by Crippen LogP contribution is -2.30. The molecule has 1 aliphatic rings. The Morgan fingerprint density at radius 2 is 2.18 bits per heavy atom. The van der Waals surface area contributed by atoms with Crippen LogP contribution in [0.25, 0.3) is 0 Å². The van der Waals surface area contributed by atoms with Crippen LogP contribution in [0.15, 0.2) is 12.1 Å². The van der Waals surface area contributed by atoms with E-state index in [-0.39, 0.29) is 0 Å².